The van der Waals surface area contributed by atoms with Gasteiger partial charge in [0, 0.05) is 20.6 Å². The van der Waals surface area contributed by atoms with Gasteiger partial charge in [0.05, 0.1) is 11.2 Å². The number of halogens is 1. The number of sulfonamides is 1. The Morgan fingerprint density at radius 3 is 2.68 bits per heavy atom. The fourth-order valence-corrected chi connectivity index (χ4v) is 4.20. The molecule has 0 saturated carbocycles. The predicted molar refractivity (Wildman–Crippen MR) is 73.6 cm³/mol. The summed E-state index contributed by atoms with van der Waals surface area (Å²) in [7, 11) is -0.397. The van der Waals surface area contributed by atoms with Gasteiger partial charge in [-0.1, -0.05) is 11.6 Å². The minimum absolute atomic E-state index is 0.0607. The van der Waals surface area contributed by atoms with Gasteiger partial charge >= 0.3 is 0 Å². The van der Waals surface area contributed by atoms with Crippen LogP contribution in [0.5, 0.6) is 0 Å². The molecule has 2 heterocycles. The number of nitrogens with zero attached hydrogens (tertiary/aromatic N) is 3. The van der Waals surface area contributed by atoms with Crippen LogP contribution < -0.4 is 5.32 Å². The lowest BCUT2D eigenvalue weighted by Gasteiger charge is -2.27. The van der Waals surface area contributed by atoms with E-state index >= 15 is 0 Å². The minimum Gasteiger partial charge on any atom is -0.317 e. The van der Waals surface area contributed by atoms with E-state index in [1.54, 1.807) is 14.1 Å². The highest BCUT2D eigenvalue weighted by atomic mass is 35.5. The van der Waals surface area contributed by atoms with Crippen molar-refractivity contribution in [3.63, 3.8) is 0 Å². The van der Waals surface area contributed by atoms with E-state index in [0.29, 0.717) is 12.5 Å². The van der Waals surface area contributed by atoms with Crippen LogP contribution in [0.4, 0.5) is 0 Å². The average molecular weight is 307 g/mol. The van der Waals surface area contributed by atoms with Crippen molar-refractivity contribution in [3.05, 3.63) is 11.2 Å². The molecule has 1 fully saturated rings. The number of hydrogen-bond acceptors (Lipinski definition) is 4. The molecule has 1 saturated heterocycles. The number of rotatable bonds is 4. The second-order valence-corrected chi connectivity index (χ2v) is 7.27. The Labute approximate surface area is 118 Å². The first kappa shape index (κ1) is 14.8. The maximum absolute atomic E-state index is 12.5. The molecule has 0 unspecified atom stereocenters. The number of piperidine rings is 1. The van der Waals surface area contributed by atoms with Gasteiger partial charge in [0.25, 0.3) is 10.0 Å². The Morgan fingerprint density at radius 1 is 1.53 bits per heavy atom. The van der Waals surface area contributed by atoms with Gasteiger partial charge in [-0.25, -0.2) is 8.42 Å². The lowest BCUT2D eigenvalue weighted by molar-refractivity contribution is 0.310. The van der Waals surface area contributed by atoms with Crippen molar-refractivity contribution >= 4 is 21.6 Å². The van der Waals surface area contributed by atoms with Gasteiger partial charge in [-0.15, -0.1) is 0 Å². The van der Waals surface area contributed by atoms with E-state index in [4.69, 9.17) is 11.6 Å². The van der Waals surface area contributed by atoms with Crippen LogP contribution in [-0.2, 0) is 17.1 Å². The Kier molecular flexibility index (Phi) is 4.50. The van der Waals surface area contributed by atoms with Crippen molar-refractivity contribution in [2.45, 2.75) is 17.9 Å². The second-order valence-electron chi connectivity index (χ2n) is 4.90. The Balaban J connectivity index is 2.15. The summed E-state index contributed by atoms with van der Waals surface area (Å²) >= 11 is 5.92. The van der Waals surface area contributed by atoms with Crippen LogP contribution in [0.2, 0.25) is 5.02 Å². The highest BCUT2D eigenvalue weighted by molar-refractivity contribution is 7.89. The summed E-state index contributed by atoms with van der Waals surface area (Å²) in [5.74, 6) is 0.396. The highest BCUT2D eigenvalue weighted by Gasteiger charge is 2.29. The van der Waals surface area contributed by atoms with Gasteiger partial charge in [-0.05, 0) is 31.8 Å². The maximum Gasteiger partial charge on any atom is 0.261 e. The molecule has 0 amide bonds. The molecule has 8 heteroatoms. The highest BCUT2D eigenvalue weighted by Crippen LogP contribution is 2.24. The summed E-state index contributed by atoms with van der Waals surface area (Å²) in [5.41, 5.74) is 0. The standard InChI is InChI=1S/C11H19ClN4O2S/c1-15(8-9-3-5-13-6-4-9)19(17,18)11-10(12)7-14-16(11)2/h7,9,13H,3-6,8H2,1-2H3. The number of aromatic nitrogens is 2. The average Bonchev–Trinajstić information content (AvgIpc) is 2.70. The fourth-order valence-electron chi connectivity index (χ4n) is 2.36. The van der Waals surface area contributed by atoms with Crippen LogP contribution >= 0.6 is 11.6 Å². The largest absolute Gasteiger partial charge is 0.317 e. The van der Waals surface area contributed by atoms with Gasteiger partial charge in [-0.3, -0.25) is 4.68 Å². The molecule has 0 aliphatic carbocycles. The zero-order valence-corrected chi connectivity index (χ0v) is 12.7. The summed E-state index contributed by atoms with van der Waals surface area (Å²) in [6.07, 6.45) is 3.35. The van der Waals surface area contributed by atoms with E-state index < -0.39 is 10.0 Å². The summed E-state index contributed by atoms with van der Waals surface area (Å²) in [4.78, 5) is 0. The van der Waals surface area contributed by atoms with Crippen LogP contribution in [0, 0.1) is 5.92 Å². The molecule has 2 rings (SSSR count). The Morgan fingerprint density at radius 2 is 2.16 bits per heavy atom. The first-order valence-electron chi connectivity index (χ1n) is 6.27. The molecule has 0 aromatic carbocycles. The monoisotopic (exact) mass is 306 g/mol. The minimum atomic E-state index is -3.57. The second kappa shape index (κ2) is 5.78. The molecule has 1 aliphatic rings. The van der Waals surface area contributed by atoms with E-state index in [9.17, 15) is 8.42 Å². The predicted octanol–water partition coefficient (Wildman–Crippen LogP) is 0.694. The van der Waals surface area contributed by atoms with E-state index in [2.05, 4.69) is 10.4 Å². The number of aryl methyl sites for hydroxylation is 1. The number of hydrogen-bond donors (Lipinski definition) is 1. The quantitative estimate of drug-likeness (QED) is 0.889. The molecular formula is C11H19ClN4O2S. The zero-order valence-electron chi connectivity index (χ0n) is 11.1. The third-order valence-electron chi connectivity index (χ3n) is 3.47. The van der Waals surface area contributed by atoms with Gasteiger partial charge < -0.3 is 5.32 Å². The van der Waals surface area contributed by atoms with Crippen LogP contribution in [0.3, 0.4) is 0 Å². The summed E-state index contributed by atoms with van der Waals surface area (Å²) in [5, 5.41) is 7.38. The Hall–Kier alpha value is -0.630. The lowest BCUT2D eigenvalue weighted by atomic mass is 9.98. The first-order chi connectivity index (χ1) is 8.93. The molecule has 1 aromatic rings. The topological polar surface area (TPSA) is 67.2 Å². The molecule has 0 atom stereocenters. The normalized spacial score (nSPS) is 18.1. The molecule has 1 N–H and O–H groups in total. The van der Waals surface area contributed by atoms with Gasteiger partial charge in [0.1, 0.15) is 0 Å². The van der Waals surface area contributed by atoms with E-state index in [0.717, 1.165) is 25.9 Å². The summed E-state index contributed by atoms with van der Waals surface area (Å²) < 4.78 is 27.6. The van der Waals surface area contributed by atoms with E-state index in [1.807, 2.05) is 0 Å². The van der Waals surface area contributed by atoms with Gasteiger partial charge in [-0.2, -0.15) is 9.40 Å². The SMILES string of the molecule is CN(CC1CCNCC1)S(=O)(=O)c1c(Cl)cnn1C. The Bertz CT molecular complexity index is 517. The molecule has 108 valence electrons. The molecule has 0 radical (unpaired) electrons. The van der Waals surface area contributed by atoms with Crippen LogP contribution in [0.15, 0.2) is 11.2 Å². The van der Waals surface area contributed by atoms with Crippen LogP contribution in [-0.4, -0.2) is 49.2 Å². The van der Waals surface area contributed by atoms with Crippen molar-refractivity contribution in [3.8, 4) is 0 Å². The summed E-state index contributed by atoms with van der Waals surface area (Å²) in [6.45, 7) is 2.42. The third kappa shape index (κ3) is 3.10. The molecule has 19 heavy (non-hydrogen) atoms. The molecule has 1 aromatic heterocycles. The maximum atomic E-state index is 12.5. The zero-order chi connectivity index (χ0) is 14.0. The molecule has 0 spiro atoms. The van der Waals surface area contributed by atoms with Crippen molar-refractivity contribution in [2.24, 2.45) is 13.0 Å². The third-order valence-corrected chi connectivity index (χ3v) is 5.80. The number of nitrogens with one attached hydrogen (secondary N) is 1. The van der Waals surface area contributed by atoms with E-state index in [1.165, 1.54) is 15.2 Å². The molecule has 6 nitrogen and oxygen atoms in total. The molecular weight excluding hydrogens is 288 g/mol. The molecule has 0 bridgehead atoms. The fraction of sp³-hybridized carbons (Fsp3) is 0.727. The van der Waals surface area contributed by atoms with Gasteiger partial charge in [0.2, 0.25) is 0 Å². The van der Waals surface area contributed by atoms with E-state index in [-0.39, 0.29) is 10.0 Å². The van der Waals surface area contributed by atoms with Crippen molar-refractivity contribution in [1.29, 1.82) is 0 Å². The van der Waals surface area contributed by atoms with Crippen LogP contribution in [0.1, 0.15) is 12.8 Å². The first-order valence-corrected chi connectivity index (χ1v) is 8.09. The van der Waals surface area contributed by atoms with Crippen molar-refractivity contribution in [1.82, 2.24) is 19.4 Å². The van der Waals surface area contributed by atoms with Gasteiger partial charge in [0.15, 0.2) is 5.03 Å². The van der Waals surface area contributed by atoms with Crippen LogP contribution in [0.25, 0.3) is 0 Å². The summed E-state index contributed by atoms with van der Waals surface area (Å²) in [6, 6.07) is 0. The van der Waals surface area contributed by atoms with Crippen molar-refractivity contribution in [2.75, 3.05) is 26.7 Å². The molecule has 1 aliphatic heterocycles. The lowest BCUT2D eigenvalue weighted by Crippen LogP contribution is -2.37. The van der Waals surface area contributed by atoms with Crippen molar-refractivity contribution < 1.29 is 8.42 Å². The smallest absolute Gasteiger partial charge is 0.261 e.